The molecule has 0 unspecified atom stereocenters. The summed E-state index contributed by atoms with van der Waals surface area (Å²) in [6.07, 6.45) is 4.66. The molecule has 0 aliphatic carbocycles. The zero-order valence-electron chi connectivity index (χ0n) is 9.55. The fourth-order valence-corrected chi connectivity index (χ4v) is 1.75. The van der Waals surface area contributed by atoms with E-state index in [0.717, 1.165) is 0 Å². The third kappa shape index (κ3) is 2.65. The van der Waals surface area contributed by atoms with Gasteiger partial charge in [0.25, 0.3) is 5.91 Å². The molecule has 92 valence electrons. The molecule has 1 N–H and O–H groups in total. The average Bonchev–Trinajstić information content (AvgIpc) is 2.41. The molecule has 6 heteroatoms. The van der Waals surface area contributed by atoms with Gasteiger partial charge in [-0.05, 0) is 34.1 Å². The van der Waals surface area contributed by atoms with Crippen LogP contribution in [0.3, 0.4) is 0 Å². The molecule has 18 heavy (non-hydrogen) atoms. The first kappa shape index (κ1) is 12.5. The van der Waals surface area contributed by atoms with Gasteiger partial charge in [-0.2, -0.15) is 0 Å². The Morgan fingerprint density at radius 2 is 2.22 bits per heavy atom. The topological polar surface area (TPSA) is 64.1 Å². The molecule has 0 bridgehead atoms. The molecule has 0 aromatic carbocycles. The van der Waals surface area contributed by atoms with E-state index in [1.165, 1.54) is 19.5 Å². The molecule has 2 heterocycles. The van der Waals surface area contributed by atoms with E-state index in [1.807, 2.05) is 0 Å². The highest BCUT2D eigenvalue weighted by Gasteiger charge is 2.13. The molecule has 2 rings (SSSR count). The first-order valence-electron chi connectivity index (χ1n) is 5.12. The van der Waals surface area contributed by atoms with Crippen LogP contribution in [0.25, 0.3) is 0 Å². The van der Waals surface area contributed by atoms with E-state index in [0.29, 0.717) is 21.6 Å². The molecule has 0 fully saturated rings. The molecule has 5 nitrogen and oxygen atoms in total. The molecule has 0 saturated carbocycles. The predicted molar refractivity (Wildman–Crippen MR) is 70.7 cm³/mol. The number of aromatic nitrogens is 2. The van der Waals surface area contributed by atoms with E-state index in [1.54, 1.807) is 24.4 Å². The number of halogens is 1. The van der Waals surface area contributed by atoms with Crippen LogP contribution in [0.2, 0.25) is 0 Å². The van der Waals surface area contributed by atoms with Crippen molar-refractivity contribution in [2.24, 2.45) is 0 Å². The van der Waals surface area contributed by atoms with Crippen LogP contribution >= 0.6 is 15.9 Å². The second kappa shape index (κ2) is 5.59. The smallest absolute Gasteiger partial charge is 0.259 e. The number of anilines is 1. The Balaban J connectivity index is 2.25. The fraction of sp³-hybridized carbons (Fsp3) is 0.0833. The van der Waals surface area contributed by atoms with Crippen LogP contribution in [0.1, 0.15) is 10.4 Å². The fourth-order valence-electron chi connectivity index (χ4n) is 1.40. The van der Waals surface area contributed by atoms with Crippen LogP contribution in [0.5, 0.6) is 5.75 Å². The number of nitrogens with zero attached hydrogens (tertiary/aromatic N) is 2. The van der Waals surface area contributed by atoms with Crippen LogP contribution < -0.4 is 10.1 Å². The van der Waals surface area contributed by atoms with Crippen LogP contribution in [0.4, 0.5) is 5.69 Å². The second-order valence-electron chi connectivity index (χ2n) is 3.37. The van der Waals surface area contributed by atoms with E-state index >= 15 is 0 Å². The second-order valence-corrected chi connectivity index (χ2v) is 4.12. The summed E-state index contributed by atoms with van der Waals surface area (Å²) in [5, 5.41) is 2.75. The van der Waals surface area contributed by atoms with Crippen molar-refractivity contribution in [3.05, 3.63) is 47.0 Å². The van der Waals surface area contributed by atoms with Crippen LogP contribution in [-0.4, -0.2) is 23.0 Å². The van der Waals surface area contributed by atoms with Gasteiger partial charge in [0, 0.05) is 12.4 Å². The molecule has 2 aromatic rings. The minimum absolute atomic E-state index is 0.275. The standard InChI is InChI=1S/C12H10BrN3O2/c1-18-10-7-14-6-4-8(10)12(17)16-9-3-2-5-15-11(9)13/h2-7H,1H3,(H,16,17). The number of pyridine rings is 2. The number of rotatable bonds is 3. The number of ether oxygens (including phenoxy) is 1. The summed E-state index contributed by atoms with van der Waals surface area (Å²) in [5.74, 6) is 0.151. The summed E-state index contributed by atoms with van der Waals surface area (Å²) in [4.78, 5) is 20.0. The lowest BCUT2D eigenvalue weighted by atomic mass is 10.2. The third-order valence-electron chi connectivity index (χ3n) is 2.26. The summed E-state index contributed by atoms with van der Waals surface area (Å²) in [6, 6.07) is 5.09. The van der Waals surface area contributed by atoms with Gasteiger partial charge < -0.3 is 10.1 Å². The Morgan fingerprint density at radius 1 is 1.39 bits per heavy atom. The lowest BCUT2D eigenvalue weighted by molar-refractivity contribution is 0.102. The number of carbonyl (C=O) groups excluding carboxylic acids is 1. The van der Waals surface area contributed by atoms with Gasteiger partial charge in [0.05, 0.1) is 24.6 Å². The number of hydrogen-bond donors (Lipinski definition) is 1. The zero-order valence-corrected chi connectivity index (χ0v) is 11.1. The van der Waals surface area contributed by atoms with Crippen LogP contribution in [-0.2, 0) is 0 Å². The van der Waals surface area contributed by atoms with Gasteiger partial charge in [0.1, 0.15) is 10.4 Å². The summed E-state index contributed by atoms with van der Waals surface area (Å²) in [5.41, 5.74) is 1.02. The maximum atomic E-state index is 12.1. The van der Waals surface area contributed by atoms with E-state index in [-0.39, 0.29) is 5.91 Å². The largest absolute Gasteiger partial charge is 0.494 e. The lowest BCUT2D eigenvalue weighted by Crippen LogP contribution is -2.13. The van der Waals surface area contributed by atoms with Crippen molar-refractivity contribution in [2.75, 3.05) is 12.4 Å². The van der Waals surface area contributed by atoms with Crippen LogP contribution in [0, 0.1) is 0 Å². The van der Waals surface area contributed by atoms with Gasteiger partial charge >= 0.3 is 0 Å². The van der Waals surface area contributed by atoms with Gasteiger partial charge in [-0.25, -0.2) is 4.98 Å². The van der Waals surface area contributed by atoms with Crippen molar-refractivity contribution in [1.82, 2.24) is 9.97 Å². The highest BCUT2D eigenvalue weighted by atomic mass is 79.9. The van der Waals surface area contributed by atoms with Gasteiger partial charge in [-0.15, -0.1) is 0 Å². The first-order valence-corrected chi connectivity index (χ1v) is 5.91. The van der Waals surface area contributed by atoms with E-state index in [9.17, 15) is 4.79 Å². The molecule has 0 aliphatic rings. The SMILES string of the molecule is COc1cnccc1C(=O)Nc1cccnc1Br. The molecule has 0 saturated heterocycles. The molecule has 0 aliphatic heterocycles. The Bertz CT molecular complexity index is 575. The van der Waals surface area contributed by atoms with Crippen molar-refractivity contribution < 1.29 is 9.53 Å². The van der Waals surface area contributed by atoms with E-state index in [2.05, 4.69) is 31.2 Å². The van der Waals surface area contributed by atoms with Gasteiger partial charge in [0.2, 0.25) is 0 Å². The van der Waals surface area contributed by atoms with E-state index in [4.69, 9.17) is 4.74 Å². The Morgan fingerprint density at radius 3 is 2.94 bits per heavy atom. The Kier molecular flexibility index (Phi) is 3.88. The molecule has 1 amide bonds. The number of nitrogens with one attached hydrogen (secondary N) is 1. The molecule has 0 radical (unpaired) electrons. The van der Waals surface area contributed by atoms with Crippen LogP contribution in [0.15, 0.2) is 41.4 Å². The van der Waals surface area contributed by atoms with Crippen molar-refractivity contribution in [1.29, 1.82) is 0 Å². The molecular formula is C12H10BrN3O2. The van der Waals surface area contributed by atoms with E-state index < -0.39 is 0 Å². The number of amides is 1. The van der Waals surface area contributed by atoms with Gasteiger partial charge in [-0.1, -0.05) is 0 Å². The first-order chi connectivity index (χ1) is 8.72. The summed E-state index contributed by atoms with van der Waals surface area (Å²) in [7, 11) is 1.49. The third-order valence-corrected chi connectivity index (χ3v) is 2.89. The molecule has 2 aromatic heterocycles. The minimum atomic E-state index is -0.275. The normalized spacial score (nSPS) is 9.89. The predicted octanol–water partition coefficient (Wildman–Crippen LogP) is 2.50. The molecule has 0 spiro atoms. The van der Waals surface area contributed by atoms with Crippen molar-refractivity contribution in [2.45, 2.75) is 0 Å². The molecule has 0 atom stereocenters. The monoisotopic (exact) mass is 307 g/mol. The van der Waals surface area contributed by atoms with Crippen molar-refractivity contribution in [3.63, 3.8) is 0 Å². The maximum Gasteiger partial charge on any atom is 0.259 e. The summed E-state index contributed by atoms with van der Waals surface area (Å²) >= 11 is 3.26. The number of carbonyl (C=O) groups is 1. The lowest BCUT2D eigenvalue weighted by Gasteiger charge is -2.09. The highest BCUT2D eigenvalue weighted by molar-refractivity contribution is 9.10. The zero-order chi connectivity index (χ0) is 13.0. The molecular weight excluding hydrogens is 298 g/mol. The Hall–Kier alpha value is -1.95. The van der Waals surface area contributed by atoms with Gasteiger partial charge in [-0.3, -0.25) is 9.78 Å². The van der Waals surface area contributed by atoms with Gasteiger partial charge in [0.15, 0.2) is 0 Å². The number of methoxy groups -OCH3 is 1. The Labute approximate surface area is 112 Å². The maximum absolute atomic E-state index is 12.1. The number of hydrogen-bond acceptors (Lipinski definition) is 4. The van der Waals surface area contributed by atoms with Crippen molar-refractivity contribution in [3.8, 4) is 5.75 Å². The summed E-state index contributed by atoms with van der Waals surface area (Å²) in [6.45, 7) is 0. The summed E-state index contributed by atoms with van der Waals surface area (Å²) < 4.78 is 5.66. The highest BCUT2D eigenvalue weighted by Crippen LogP contribution is 2.21. The minimum Gasteiger partial charge on any atom is -0.494 e. The van der Waals surface area contributed by atoms with Crippen molar-refractivity contribution >= 4 is 27.5 Å². The quantitative estimate of drug-likeness (QED) is 0.885. The average molecular weight is 308 g/mol.